The number of rotatable bonds is 4. The molecule has 1 aromatic carbocycles. The predicted molar refractivity (Wildman–Crippen MR) is 90.7 cm³/mol. The van der Waals surface area contributed by atoms with Gasteiger partial charge in [-0.3, -0.25) is 4.98 Å². The Morgan fingerprint density at radius 3 is 2.83 bits per heavy atom. The first-order valence-corrected chi connectivity index (χ1v) is 7.71. The van der Waals surface area contributed by atoms with Gasteiger partial charge in [-0.15, -0.1) is 0 Å². The quantitative estimate of drug-likeness (QED) is 0.802. The highest BCUT2D eigenvalue weighted by Gasteiger charge is 2.20. The van der Waals surface area contributed by atoms with Crippen LogP contribution in [0.2, 0.25) is 0 Å². The number of benzene rings is 1. The molecule has 3 heterocycles. The van der Waals surface area contributed by atoms with Gasteiger partial charge >= 0.3 is 0 Å². The van der Waals surface area contributed by atoms with E-state index in [1.807, 2.05) is 24.3 Å². The summed E-state index contributed by atoms with van der Waals surface area (Å²) in [4.78, 5) is 15.3. The molecule has 0 unspecified atom stereocenters. The molecule has 1 N–H and O–H groups in total. The lowest BCUT2D eigenvalue weighted by molar-refractivity contribution is 0.958. The third-order valence-electron chi connectivity index (χ3n) is 3.99. The highest BCUT2D eigenvalue weighted by molar-refractivity contribution is 5.68. The number of pyridine rings is 1. The Morgan fingerprint density at radius 2 is 1.91 bits per heavy atom. The molecule has 0 saturated carbocycles. The predicted octanol–water partition coefficient (Wildman–Crippen LogP) is 3.18. The van der Waals surface area contributed by atoms with Crippen LogP contribution < -0.4 is 10.2 Å². The van der Waals surface area contributed by atoms with Crippen molar-refractivity contribution < 1.29 is 0 Å². The molecule has 0 amide bonds. The van der Waals surface area contributed by atoms with Crippen LogP contribution in [-0.4, -0.2) is 21.5 Å². The fourth-order valence-corrected chi connectivity index (χ4v) is 2.85. The Labute approximate surface area is 135 Å². The molecule has 0 spiro atoms. The van der Waals surface area contributed by atoms with Crippen molar-refractivity contribution in [2.75, 3.05) is 16.8 Å². The zero-order valence-corrected chi connectivity index (χ0v) is 12.7. The lowest BCUT2D eigenvalue weighted by Gasteiger charge is -2.18. The third kappa shape index (κ3) is 2.85. The van der Waals surface area contributed by atoms with Crippen molar-refractivity contribution in [2.24, 2.45) is 0 Å². The number of hydrogen-bond donors (Lipinski definition) is 1. The van der Waals surface area contributed by atoms with Crippen molar-refractivity contribution >= 4 is 17.3 Å². The van der Waals surface area contributed by atoms with Gasteiger partial charge < -0.3 is 10.2 Å². The number of fused-ring (bicyclic) bond motifs is 1. The molecule has 0 aliphatic carbocycles. The van der Waals surface area contributed by atoms with Crippen molar-refractivity contribution in [3.63, 3.8) is 0 Å². The van der Waals surface area contributed by atoms with E-state index < -0.39 is 0 Å². The number of hydrogen-bond acceptors (Lipinski definition) is 5. The van der Waals surface area contributed by atoms with Crippen molar-refractivity contribution in [3.05, 3.63) is 72.3 Å². The molecule has 0 radical (unpaired) electrons. The molecule has 23 heavy (non-hydrogen) atoms. The highest BCUT2D eigenvalue weighted by Crippen LogP contribution is 2.33. The Hall–Kier alpha value is -2.95. The standard InChI is InChI=1S/C18H17N5/c1-2-7-16-14(5-1)8-10-23(16)18-11-17(21-13-22-18)20-12-15-6-3-4-9-19-15/h1-7,9,11,13H,8,10,12H2,(H,20,21,22). The summed E-state index contributed by atoms with van der Waals surface area (Å²) in [6.07, 6.45) is 4.46. The van der Waals surface area contributed by atoms with Crippen molar-refractivity contribution in [1.82, 2.24) is 15.0 Å². The Kier molecular flexibility index (Phi) is 3.60. The summed E-state index contributed by atoms with van der Waals surface area (Å²) in [6, 6.07) is 16.4. The molecule has 0 bridgehead atoms. The highest BCUT2D eigenvalue weighted by atomic mass is 15.2. The van der Waals surface area contributed by atoms with Crippen LogP contribution in [-0.2, 0) is 13.0 Å². The SMILES string of the molecule is c1ccc(CNc2cc(N3CCc4ccccc43)ncn2)nc1. The van der Waals surface area contributed by atoms with E-state index in [1.54, 1.807) is 12.5 Å². The molecule has 0 saturated heterocycles. The van der Waals surface area contributed by atoms with E-state index >= 15 is 0 Å². The van der Waals surface area contributed by atoms with Gasteiger partial charge in [0.15, 0.2) is 0 Å². The van der Waals surface area contributed by atoms with Crippen LogP contribution in [0.15, 0.2) is 61.1 Å². The van der Waals surface area contributed by atoms with E-state index in [0.717, 1.165) is 30.3 Å². The lowest BCUT2D eigenvalue weighted by atomic mass is 10.2. The summed E-state index contributed by atoms with van der Waals surface area (Å²) < 4.78 is 0. The average molecular weight is 303 g/mol. The molecule has 1 aliphatic heterocycles. The fraction of sp³-hybridized carbons (Fsp3) is 0.167. The maximum atomic E-state index is 4.43. The smallest absolute Gasteiger partial charge is 0.138 e. The topological polar surface area (TPSA) is 53.9 Å². The summed E-state index contributed by atoms with van der Waals surface area (Å²) in [7, 11) is 0. The van der Waals surface area contributed by atoms with Crippen LogP contribution in [0.5, 0.6) is 0 Å². The third-order valence-corrected chi connectivity index (χ3v) is 3.99. The van der Waals surface area contributed by atoms with Crippen LogP contribution in [0.4, 0.5) is 17.3 Å². The maximum Gasteiger partial charge on any atom is 0.138 e. The molecule has 5 nitrogen and oxygen atoms in total. The molecule has 4 rings (SSSR count). The number of para-hydroxylation sites is 1. The monoisotopic (exact) mass is 303 g/mol. The first-order chi connectivity index (χ1) is 11.4. The van der Waals surface area contributed by atoms with Crippen LogP contribution in [0.25, 0.3) is 0 Å². The van der Waals surface area contributed by atoms with Crippen molar-refractivity contribution in [3.8, 4) is 0 Å². The van der Waals surface area contributed by atoms with Gasteiger partial charge in [-0.1, -0.05) is 24.3 Å². The second kappa shape index (κ2) is 6.04. The Bertz CT molecular complexity index is 803. The molecule has 2 aromatic heterocycles. The first kappa shape index (κ1) is 13.7. The van der Waals surface area contributed by atoms with E-state index in [1.165, 1.54) is 11.3 Å². The first-order valence-electron chi connectivity index (χ1n) is 7.71. The van der Waals surface area contributed by atoms with Crippen molar-refractivity contribution in [2.45, 2.75) is 13.0 Å². The Morgan fingerprint density at radius 1 is 1.00 bits per heavy atom. The molecular weight excluding hydrogens is 286 g/mol. The second-order valence-corrected chi connectivity index (χ2v) is 5.47. The van der Waals surface area contributed by atoms with Gasteiger partial charge in [0.25, 0.3) is 0 Å². The minimum Gasteiger partial charge on any atom is -0.364 e. The van der Waals surface area contributed by atoms with E-state index in [9.17, 15) is 0 Å². The van der Waals surface area contributed by atoms with Crippen LogP contribution in [0.3, 0.4) is 0 Å². The summed E-state index contributed by atoms with van der Waals surface area (Å²) in [5.41, 5.74) is 3.59. The molecule has 0 atom stereocenters. The van der Waals surface area contributed by atoms with Gasteiger partial charge in [-0.25, -0.2) is 9.97 Å². The van der Waals surface area contributed by atoms with Crippen LogP contribution in [0.1, 0.15) is 11.3 Å². The molecule has 3 aromatic rings. The van der Waals surface area contributed by atoms with Gasteiger partial charge in [0.1, 0.15) is 18.0 Å². The van der Waals surface area contributed by atoms with E-state index in [0.29, 0.717) is 6.54 Å². The fourth-order valence-electron chi connectivity index (χ4n) is 2.85. The number of nitrogens with one attached hydrogen (secondary N) is 1. The molecule has 0 fully saturated rings. The number of aromatic nitrogens is 3. The minimum atomic E-state index is 0.647. The molecule has 114 valence electrons. The van der Waals surface area contributed by atoms with Gasteiger partial charge in [0.05, 0.1) is 12.2 Å². The van der Waals surface area contributed by atoms with E-state index in [4.69, 9.17) is 0 Å². The maximum absolute atomic E-state index is 4.43. The van der Waals surface area contributed by atoms with Crippen LogP contribution in [0, 0.1) is 0 Å². The van der Waals surface area contributed by atoms with Gasteiger partial charge in [0, 0.05) is 24.5 Å². The zero-order valence-electron chi connectivity index (χ0n) is 12.7. The summed E-state index contributed by atoms with van der Waals surface area (Å²) >= 11 is 0. The largest absolute Gasteiger partial charge is 0.364 e. The number of anilines is 3. The minimum absolute atomic E-state index is 0.647. The zero-order chi connectivity index (χ0) is 15.5. The second-order valence-electron chi connectivity index (χ2n) is 5.47. The lowest BCUT2D eigenvalue weighted by Crippen LogP contribution is -2.15. The van der Waals surface area contributed by atoms with Gasteiger partial charge in [-0.2, -0.15) is 0 Å². The normalized spacial score (nSPS) is 13.0. The van der Waals surface area contributed by atoms with Gasteiger partial charge in [0.2, 0.25) is 0 Å². The molecule has 5 heteroatoms. The van der Waals surface area contributed by atoms with E-state index in [-0.39, 0.29) is 0 Å². The summed E-state index contributed by atoms with van der Waals surface area (Å²) in [5.74, 6) is 1.73. The Balaban J connectivity index is 1.53. The average Bonchev–Trinajstić information content (AvgIpc) is 3.05. The molecule has 1 aliphatic rings. The van der Waals surface area contributed by atoms with Crippen LogP contribution >= 0.6 is 0 Å². The van der Waals surface area contributed by atoms with Gasteiger partial charge in [-0.05, 0) is 30.2 Å². The van der Waals surface area contributed by atoms with E-state index in [2.05, 4.69) is 49.4 Å². The summed E-state index contributed by atoms with van der Waals surface area (Å²) in [6.45, 7) is 1.60. The van der Waals surface area contributed by atoms with Crippen molar-refractivity contribution in [1.29, 1.82) is 0 Å². The number of nitrogens with zero attached hydrogens (tertiary/aromatic N) is 4. The molecular formula is C18H17N5. The summed E-state index contributed by atoms with van der Waals surface area (Å²) in [5, 5.41) is 3.31.